The zero-order valence-corrected chi connectivity index (χ0v) is 18.0. The van der Waals surface area contributed by atoms with Gasteiger partial charge < -0.3 is 19.7 Å². The third-order valence-corrected chi connectivity index (χ3v) is 6.26. The fourth-order valence-corrected chi connectivity index (χ4v) is 4.51. The van der Waals surface area contributed by atoms with E-state index in [0.29, 0.717) is 25.7 Å². The molecule has 1 aromatic carbocycles. The number of aliphatic hydroxyl groups is 2. The van der Waals surface area contributed by atoms with Gasteiger partial charge in [0.05, 0.1) is 19.3 Å². The van der Waals surface area contributed by atoms with Gasteiger partial charge in [0.1, 0.15) is 11.9 Å². The molecule has 2 N–H and O–H groups in total. The number of aliphatic hydroxyl groups excluding tert-OH is 2. The van der Waals surface area contributed by atoms with Crippen molar-refractivity contribution >= 4 is 5.97 Å². The van der Waals surface area contributed by atoms with Gasteiger partial charge in [-0.25, -0.2) is 0 Å². The number of rotatable bonds is 8. The van der Waals surface area contributed by atoms with Crippen LogP contribution in [0, 0.1) is 23.7 Å². The normalized spacial score (nSPS) is 26.3. The molecule has 1 aromatic rings. The van der Waals surface area contributed by atoms with E-state index < -0.39 is 12.2 Å². The molecule has 5 heteroatoms. The Morgan fingerprint density at radius 1 is 1.43 bits per heavy atom. The molecule has 0 spiro atoms. The fourth-order valence-electron chi connectivity index (χ4n) is 4.51. The van der Waals surface area contributed by atoms with Crippen LogP contribution in [0.5, 0.6) is 5.75 Å². The van der Waals surface area contributed by atoms with Crippen LogP contribution in [0.2, 0.25) is 0 Å². The van der Waals surface area contributed by atoms with Crippen LogP contribution in [-0.4, -0.2) is 41.6 Å². The summed E-state index contributed by atoms with van der Waals surface area (Å²) in [5.41, 5.74) is 2.20. The maximum absolute atomic E-state index is 11.4. The molecule has 30 heavy (non-hydrogen) atoms. The minimum Gasteiger partial charge on any atom is -0.489 e. The molecule has 1 heterocycles. The molecule has 3 rings (SSSR count). The quantitative estimate of drug-likeness (QED) is 0.389. The number of carbonyl (C=O) groups excluding carboxylic acids is 1. The maximum atomic E-state index is 11.4. The number of fused-ring (bicyclic) bond motifs is 3. The van der Waals surface area contributed by atoms with Crippen LogP contribution in [-0.2, 0) is 16.0 Å². The van der Waals surface area contributed by atoms with Crippen molar-refractivity contribution in [2.45, 2.75) is 70.2 Å². The molecule has 0 aromatic heterocycles. The summed E-state index contributed by atoms with van der Waals surface area (Å²) < 4.78 is 11.0. The Kier molecular flexibility index (Phi) is 7.58. The average Bonchev–Trinajstić information content (AvgIpc) is 3.25. The number of esters is 1. The second-order valence-corrected chi connectivity index (χ2v) is 8.31. The number of ether oxygens (including phenoxy) is 2. The number of benzene rings is 1. The Labute approximate surface area is 179 Å². The van der Waals surface area contributed by atoms with E-state index in [-0.39, 0.29) is 29.8 Å². The molecule has 6 atom stereocenters. The van der Waals surface area contributed by atoms with Crippen LogP contribution in [0.4, 0.5) is 0 Å². The zero-order chi connectivity index (χ0) is 21.7. The second kappa shape index (κ2) is 10.1. The van der Waals surface area contributed by atoms with Gasteiger partial charge in [0.15, 0.2) is 0 Å². The van der Waals surface area contributed by atoms with Gasteiger partial charge in [-0.1, -0.05) is 37.3 Å². The molecule has 162 valence electrons. The van der Waals surface area contributed by atoms with Gasteiger partial charge in [0.25, 0.3) is 0 Å². The van der Waals surface area contributed by atoms with Crippen molar-refractivity contribution in [3.05, 3.63) is 41.5 Å². The summed E-state index contributed by atoms with van der Waals surface area (Å²) >= 11 is 0. The molecule has 0 amide bonds. The van der Waals surface area contributed by atoms with E-state index in [1.165, 1.54) is 7.11 Å². The highest BCUT2D eigenvalue weighted by Gasteiger charge is 2.48. The molecule has 5 nitrogen and oxygen atoms in total. The summed E-state index contributed by atoms with van der Waals surface area (Å²) in [6.07, 6.45) is 5.66. The van der Waals surface area contributed by atoms with Gasteiger partial charge in [0, 0.05) is 36.7 Å². The van der Waals surface area contributed by atoms with Crippen LogP contribution in [0.3, 0.4) is 0 Å². The van der Waals surface area contributed by atoms with Crippen LogP contribution in [0.15, 0.2) is 30.4 Å². The molecule has 1 unspecified atom stereocenters. The number of hydrogen-bond donors (Lipinski definition) is 2. The lowest BCUT2D eigenvalue weighted by atomic mass is 9.86. The van der Waals surface area contributed by atoms with E-state index in [1.807, 2.05) is 25.1 Å². The van der Waals surface area contributed by atoms with Crippen molar-refractivity contribution in [2.75, 3.05) is 7.11 Å². The number of aryl methyl sites for hydroxylation is 1. The van der Waals surface area contributed by atoms with Crippen molar-refractivity contribution in [1.29, 1.82) is 0 Å². The summed E-state index contributed by atoms with van der Waals surface area (Å²) in [6.45, 7) is 3.77. The first-order valence-corrected chi connectivity index (χ1v) is 10.8. The van der Waals surface area contributed by atoms with E-state index in [2.05, 4.69) is 17.9 Å². The smallest absolute Gasteiger partial charge is 0.305 e. The first kappa shape index (κ1) is 22.4. The van der Waals surface area contributed by atoms with E-state index in [4.69, 9.17) is 9.47 Å². The Morgan fingerprint density at radius 3 is 2.97 bits per heavy atom. The van der Waals surface area contributed by atoms with Gasteiger partial charge in [-0.3, -0.25) is 4.79 Å². The Hall–Kier alpha value is -2.29. The third-order valence-electron chi connectivity index (χ3n) is 6.26. The highest BCUT2D eigenvalue weighted by atomic mass is 16.5. The largest absolute Gasteiger partial charge is 0.489 e. The molecule has 1 fully saturated rings. The van der Waals surface area contributed by atoms with E-state index in [1.54, 1.807) is 13.0 Å². The predicted molar refractivity (Wildman–Crippen MR) is 115 cm³/mol. The topological polar surface area (TPSA) is 76.0 Å². The van der Waals surface area contributed by atoms with Crippen LogP contribution >= 0.6 is 0 Å². The number of carbonyl (C=O) groups is 1. The van der Waals surface area contributed by atoms with Crippen LogP contribution in [0.25, 0.3) is 0 Å². The minimum atomic E-state index is -0.594. The second-order valence-electron chi connectivity index (χ2n) is 8.31. The Balaban J connectivity index is 1.73. The summed E-state index contributed by atoms with van der Waals surface area (Å²) in [6, 6.07) is 6.13. The van der Waals surface area contributed by atoms with Crippen molar-refractivity contribution in [3.63, 3.8) is 0 Å². The fraction of sp³-hybridized carbons (Fsp3) is 0.560. The van der Waals surface area contributed by atoms with Crippen LogP contribution in [0.1, 0.15) is 56.6 Å². The number of methoxy groups -OCH3 is 1. The standard InChI is InChI=1S/C25H32O5/c1-4-5-8-16(2)20(26)14-13-18-21(27)15-22-24(18)19-11-6-9-17(25(19)30-22)10-7-12-23(28)29-3/h6,9,11,13-14,16,18,20-22,24,26-27H,7-8,10,12,15H2,1-3H3/b14-13+/t16?,18-,20-,21+,22-,24-/m0/s1. The highest BCUT2D eigenvalue weighted by molar-refractivity contribution is 5.69. The predicted octanol–water partition coefficient (Wildman–Crippen LogP) is 3.37. The molecular weight excluding hydrogens is 380 g/mol. The summed E-state index contributed by atoms with van der Waals surface area (Å²) in [4.78, 5) is 11.4. The monoisotopic (exact) mass is 412 g/mol. The molecule has 1 saturated carbocycles. The van der Waals surface area contributed by atoms with Crippen LogP contribution < -0.4 is 4.74 Å². The average molecular weight is 413 g/mol. The Morgan fingerprint density at radius 2 is 2.23 bits per heavy atom. The number of para-hydroxylation sites is 1. The van der Waals surface area contributed by atoms with Gasteiger partial charge in [0.2, 0.25) is 0 Å². The molecule has 1 aliphatic carbocycles. The number of hydrogen-bond acceptors (Lipinski definition) is 5. The Bertz CT molecular complexity index is 834. The lowest BCUT2D eigenvalue weighted by Gasteiger charge is -2.19. The maximum Gasteiger partial charge on any atom is 0.305 e. The van der Waals surface area contributed by atoms with E-state index >= 15 is 0 Å². The molecule has 0 bridgehead atoms. The van der Waals surface area contributed by atoms with E-state index in [9.17, 15) is 15.0 Å². The van der Waals surface area contributed by atoms with Crippen molar-refractivity contribution in [2.24, 2.45) is 11.8 Å². The lowest BCUT2D eigenvalue weighted by Crippen LogP contribution is -2.19. The molecule has 0 radical (unpaired) electrons. The van der Waals surface area contributed by atoms with Gasteiger partial charge in [-0.2, -0.15) is 0 Å². The summed E-state index contributed by atoms with van der Waals surface area (Å²) in [7, 11) is 1.40. The van der Waals surface area contributed by atoms with Crippen molar-refractivity contribution < 1.29 is 24.5 Å². The first-order chi connectivity index (χ1) is 14.5. The first-order valence-electron chi connectivity index (χ1n) is 10.8. The van der Waals surface area contributed by atoms with E-state index in [0.717, 1.165) is 23.3 Å². The van der Waals surface area contributed by atoms with Crippen molar-refractivity contribution in [1.82, 2.24) is 0 Å². The molecule has 0 saturated heterocycles. The van der Waals surface area contributed by atoms with Gasteiger partial charge >= 0.3 is 5.97 Å². The van der Waals surface area contributed by atoms with Crippen molar-refractivity contribution in [3.8, 4) is 17.6 Å². The van der Waals surface area contributed by atoms with Gasteiger partial charge in [-0.15, -0.1) is 11.8 Å². The molecule has 1 aliphatic heterocycles. The third kappa shape index (κ3) is 4.88. The van der Waals surface area contributed by atoms with Gasteiger partial charge in [-0.05, 0) is 31.2 Å². The lowest BCUT2D eigenvalue weighted by molar-refractivity contribution is -0.140. The molecule has 2 aliphatic rings. The summed E-state index contributed by atoms with van der Waals surface area (Å²) in [5.74, 6) is 6.58. The SMILES string of the molecule is CC#CCC(C)[C@@H](O)/C=C/[C@@H]1[C@H]2c3cccc(CCCC(=O)OC)c3O[C@H]2C[C@H]1O. The molecular formula is C25H32O5. The minimum absolute atomic E-state index is 0.0385. The summed E-state index contributed by atoms with van der Waals surface area (Å²) in [5, 5.41) is 21.1. The zero-order valence-electron chi connectivity index (χ0n) is 18.0. The highest BCUT2D eigenvalue weighted by Crippen LogP contribution is 2.52.